The molecule has 0 bridgehead atoms. The number of amides is 1. The van der Waals surface area contributed by atoms with Crippen molar-refractivity contribution in [2.75, 3.05) is 6.54 Å². The highest BCUT2D eigenvalue weighted by Crippen LogP contribution is 2.20. The van der Waals surface area contributed by atoms with Crippen LogP contribution in [-0.4, -0.2) is 26.9 Å². The number of benzene rings is 1. The first-order valence-corrected chi connectivity index (χ1v) is 10.2. The van der Waals surface area contributed by atoms with E-state index in [4.69, 9.17) is 4.98 Å². The largest absolute Gasteiger partial charge is 0.330 e. The third-order valence-electron chi connectivity index (χ3n) is 4.51. The zero-order chi connectivity index (χ0) is 18.5. The van der Waals surface area contributed by atoms with E-state index in [1.165, 1.54) is 11.3 Å². The Labute approximate surface area is 159 Å². The molecule has 3 rings (SSSR count). The van der Waals surface area contributed by atoms with Gasteiger partial charge in [0.1, 0.15) is 5.82 Å². The maximum absolute atomic E-state index is 13.0. The lowest BCUT2D eigenvalue weighted by atomic mass is 10.1. The Balaban J connectivity index is 1.91. The van der Waals surface area contributed by atoms with Crippen molar-refractivity contribution in [3.8, 4) is 0 Å². The molecule has 4 nitrogen and oxygen atoms in total. The molecule has 0 aliphatic heterocycles. The fourth-order valence-corrected chi connectivity index (χ4v) is 3.80. The minimum Gasteiger partial charge on any atom is -0.330 e. The Morgan fingerprint density at radius 2 is 2.04 bits per heavy atom. The summed E-state index contributed by atoms with van der Waals surface area (Å²) >= 11 is 1.51. The molecule has 0 spiro atoms. The van der Waals surface area contributed by atoms with Crippen molar-refractivity contribution in [1.29, 1.82) is 0 Å². The first-order chi connectivity index (χ1) is 12.6. The smallest absolute Gasteiger partial charge is 0.264 e. The number of carbonyl (C=O) groups excluding carboxylic acids is 1. The van der Waals surface area contributed by atoms with Gasteiger partial charge in [-0.1, -0.05) is 39.0 Å². The van der Waals surface area contributed by atoms with Crippen molar-refractivity contribution in [2.24, 2.45) is 5.92 Å². The number of thiophene rings is 1. The number of para-hydroxylation sites is 2. The molecule has 26 heavy (non-hydrogen) atoms. The van der Waals surface area contributed by atoms with Crippen molar-refractivity contribution >= 4 is 28.3 Å². The number of rotatable bonds is 8. The minimum absolute atomic E-state index is 0.107. The number of imidazole rings is 1. The van der Waals surface area contributed by atoms with Crippen LogP contribution in [0.25, 0.3) is 11.0 Å². The van der Waals surface area contributed by atoms with E-state index in [0.717, 1.165) is 47.7 Å². The van der Waals surface area contributed by atoms with Gasteiger partial charge in [-0.15, -0.1) is 11.3 Å². The molecular weight excluding hydrogens is 342 g/mol. The summed E-state index contributed by atoms with van der Waals surface area (Å²) in [4.78, 5) is 20.6. The summed E-state index contributed by atoms with van der Waals surface area (Å²) in [6, 6.07) is 12.1. The SMILES string of the molecule is CCCn1c(CN(CCC(C)C)C(=O)c2cccs2)nc2ccccc21. The molecule has 0 unspecified atom stereocenters. The van der Waals surface area contributed by atoms with Crippen molar-refractivity contribution < 1.29 is 4.79 Å². The highest BCUT2D eigenvalue weighted by atomic mass is 32.1. The Kier molecular flexibility index (Phi) is 6.09. The molecule has 5 heteroatoms. The molecule has 138 valence electrons. The van der Waals surface area contributed by atoms with E-state index in [1.807, 2.05) is 40.6 Å². The van der Waals surface area contributed by atoms with Gasteiger partial charge in [0.25, 0.3) is 5.91 Å². The number of nitrogens with zero attached hydrogens (tertiary/aromatic N) is 3. The van der Waals surface area contributed by atoms with Gasteiger partial charge in [-0.25, -0.2) is 4.98 Å². The van der Waals surface area contributed by atoms with Gasteiger partial charge < -0.3 is 9.47 Å². The normalized spacial score (nSPS) is 11.4. The van der Waals surface area contributed by atoms with E-state index in [1.54, 1.807) is 0 Å². The van der Waals surface area contributed by atoms with Crippen LogP contribution in [0, 0.1) is 5.92 Å². The molecule has 0 aliphatic rings. The fourth-order valence-electron chi connectivity index (χ4n) is 3.11. The highest BCUT2D eigenvalue weighted by Gasteiger charge is 2.20. The molecule has 0 saturated carbocycles. The van der Waals surface area contributed by atoms with Gasteiger partial charge in [-0.05, 0) is 42.3 Å². The molecule has 1 aromatic carbocycles. The topological polar surface area (TPSA) is 38.1 Å². The van der Waals surface area contributed by atoms with Crippen molar-refractivity contribution in [2.45, 2.75) is 46.7 Å². The van der Waals surface area contributed by atoms with Crippen LogP contribution >= 0.6 is 11.3 Å². The van der Waals surface area contributed by atoms with Crippen molar-refractivity contribution in [3.05, 3.63) is 52.5 Å². The van der Waals surface area contributed by atoms with Gasteiger partial charge in [0.15, 0.2) is 0 Å². The summed E-state index contributed by atoms with van der Waals surface area (Å²) in [5.74, 6) is 1.64. The van der Waals surface area contributed by atoms with Gasteiger partial charge in [-0.3, -0.25) is 4.79 Å². The zero-order valence-electron chi connectivity index (χ0n) is 15.8. The molecule has 0 N–H and O–H groups in total. The second-order valence-corrected chi connectivity index (χ2v) is 8.00. The third kappa shape index (κ3) is 4.15. The van der Waals surface area contributed by atoms with E-state index in [2.05, 4.69) is 31.4 Å². The van der Waals surface area contributed by atoms with Gasteiger partial charge in [0, 0.05) is 13.1 Å². The number of carbonyl (C=O) groups is 1. The molecule has 0 aliphatic carbocycles. The van der Waals surface area contributed by atoms with Crippen LogP contribution in [0.5, 0.6) is 0 Å². The predicted molar refractivity (Wildman–Crippen MR) is 109 cm³/mol. The average molecular weight is 370 g/mol. The number of hydrogen-bond donors (Lipinski definition) is 0. The van der Waals surface area contributed by atoms with Crippen LogP contribution in [0.3, 0.4) is 0 Å². The maximum atomic E-state index is 13.0. The Morgan fingerprint density at radius 3 is 2.73 bits per heavy atom. The minimum atomic E-state index is 0.107. The molecule has 1 amide bonds. The number of hydrogen-bond acceptors (Lipinski definition) is 3. The second kappa shape index (κ2) is 8.49. The number of aromatic nitrogens is 2. The summed E-state index contributed by atoms with van der Waals surface area (Å²) in [6.07, 6.45) is 2.03. The Morgan fingerprint density at radius 1 is 1.23 bits per heavy atom. The average Bonchev–Trinajstić information content (AvgIpc) is 3.27. The van der Waals surface area contributed by atoms with Crippen LogP contribution in [0.15, 0.2) is 41.8 Å². The fraction of sp³-hybridized carbons (Fsp3) is 0.429. The van der Waals surface area contributed by atoms with E-state index in [9.17, 15) is 4.79 Å². The summed E-state index contributed by atoms with van der Waals surface area (Å²) in [5, 5.41) is 1.96. The Hall–Kier alpha value is -2.14. The van der Waals surface area contributed by atoms with Crippen LogP contribution < -0.4 is 0 Å². The maximum Gasteiger partial charge on any atom is 0.264 e. The van der Waals surface area contributed by atoms with E-state index in [-0.39, 0.29) is 5.91 Å². The molecule has 0 atom stereocenters. The van der Waals surface area contributed by atoms with Crippen molar-refractivity contribution in [1.82, 2.24) is 14.5 Å². The van der Waals surface area contributed by atoms with Crippen molar-refractivity contribution in [3.63, 3.8) is 0 Å². The molecule has 3 aromatic rings. The van der Waals surface area contributed by atoms with Crippen LogP contribution in [-0.2, 0) is 13.1 Å². The lowest BCUT2D eigenvalue weighted by Gasteiger charge is -2.23. The zero-order valence-corrected chi connectivity index (χ0v) is 16.6. The second-order valence-electron chi connectivity index (χ2n) is 7.05. The number of fused-ring (bicyclic) bond motifs is 1. The van der Waals surface area contributed by atoms with Gasteiger partial charge in [0.05, 0.1) is 22.5 Å². The predicted octanol–water partition coefficient (Wildman–Crippen LogP) is 5.20. The summed E-state index contributed by atoms with van der Waals surface area (Å²) in [6.45, 7) is 8.79. The van der Waals surface area contributed by atoms with Gasteiger partial charge in [0.2, 0.25) is 0 Å². The standard InChI is InChI=1S/C21H27N3OS/c1-4-12-24-18-9-6-5-8-17(18)22-20(24)15-23(13-11-16(2)3)21(25)19-10-7-14-26-19/h5-10,14,16H,4,11-13,15H2,1-3H3. The first-order valence-electron chi connectivity index (χ1n) is 9.37. The lowest BCUT2D eigenvalue weighted by Crippen LogP contribution is -2.32. The van der Waals surface area contributed by atoms with E-state index in [0.29, 0.717) is 12.5 Å². The number of aryl methyl sites for hydroxylation is 1. The van der Waals surface area contributed by atoms with Gasteiger partial charge >= 0.3 is 0 Å². The molecule has 2 heterocycles. The molecule has 0 fully saturated rings. The molecule has 0 saturated heterocycles. The molecular formula is C21H27N3OS. The van der Waals surface area contributed by atoms with Crippen LogP contribution in [0.1, 0.15) is 49.1 Å². The van der Waals surface area contributed by atoms with Crippen LogP contribution in [0.4, 0.5) is 0 Å². The lowest BCUT2D eigenvalue weighted by molar-refractivity contribution is 0.0734. The van der Waals surface area contributed by atoms with Crippen LogP contribution in [0.2, 0.25) is 0 Å². The Bertz CT molecular complexity index is 851. The summed E-state index contributed by atoms with van der Waals surface area (Å²) in [7, 11) is 0. The quantitative estimate of drug-likeness (QED) is 0.547. The summed E-state index contributed by atoms with van der Waals surface area (Å²) < 4.78 is 2.26. The molecule has 0 radical (unpaired) electrons. The third-order valence-corrected chi connectivity index (χ3v) is 5.37. The van der Waals surface area contributed by atoms with E-state index >= 15 is 0 Å². The summed E-state index contributed by atoms with van der Waals surface area (Å²) in [5.41, 5.74) is 2.15. The molecule has 2 aromatic heterocycles. The monoisotopic (exact) mass is 369 g/mol. The highest BCUT2D eigenvalue weighted by molar-refractivity contribution is 7.12. The van der Waals surface area contributed by atoms with E-state index < -0.39 is 0 Å². The first kappa shape index (κ1) is 18.6. The van der Waals surface area contributed by atoms with Gasteiger partial charge in [-0.2, -0.15) is 0 Å².